The van der Waals surface area contributed by atoms with Gasteiger partial charge in [0.1, 0.15) is 6.04 Å². The van der Waals surface area contributed by atoms with Gasteiger partial charge < -0.3 is 10.0 Å². The molecule has 4 heteroatoms. The maximum atomic E-state index is 11.7. The van der Waals surface area contributed by atoms with Crippen LogP contribution in [0.2, 0.25) is 0 Å². The molecular formula is C15H19NO3. The van der Waals surface area contributed by atoms with E-state index in [2.05, 4.69) is 0 Å². The Morgan fingerprint density at radius 1 is 1.32 bits per heavy atom. The molecule has 1 aromatic rings. The van der Waals surface area contributed by atoms with Crippen LogP contribution >= 0.6 is 0 Å². The summed E-state index contributed by atoms with van der Waals surface area (Å²) in [5.41, 5.74) is 2.20. The minimum absolute atomic E-state index is 0.196. The number of rotatable bonds is 5. The number of hydrogen-bond acceptors (Lipinski definition) is 2. The van der Waals surface area contributed by atoms with Gasteiger partial charge in [0.2, 0.25) is 5.91 Å². The van der Waals surface area contributed by atoms with Crippen LogP contribution < -0.4 is 0 Å². The Kier molecular flexibility index (Phi) is 5.30. The van der Waals surface area contributed by atoms with Crippen LogP contribution in [0.4, 0.5) is 0 Å². The molecule has 19 heavy (non-hydrogen) atoms. The van der Waals surface area contributed by atoms with Gasteiger partial charge in [-0.3, -0.25) is 4.79 Å². The van der Waals surface area contributed by atoms with Crippen LogP contribution in [0, 0.1) is 6.92 Å². The van der Waals surface area contributed by atoms with Crippen molar-refractivity contribution in [3.8, 4) is 0 Å². The molecule has 1 unspecified atom stereocenters. The number of amides is 1. The fourth-order valence-corrected chi connectivity index (χ4v) is 1.50. The molecule has 0 saturated carbocycles. The SMILES string of the molecule is Cc1ccc(/C=C/CC(=O)N(C)C(C)C(=O)O)cc1. The number of carboxylic acids is 1. The lowest BCUT2D eigenvalue weighted by molar-refractivity contribution is -0.147. The van der Waals surface area contributed by atoms with Gasteiger partial charge in [-0.05, 0) is 19.4 Å². The normalized spacial score (nSPS) is 12.4. The number of likely N-dealkylation sites (N-methyl/N-ethyl adjacent to an activating group) is 1. The van der Waals surface area contributed by atoms with E-state index in [0.29, 0.717) is 0 Å². The highest BCUT2D eigenvalue weighted by atomic mass is 16.4. The van der Waals surface area contributed by atoms with E-state index in [1.54, 1.807) is 6.08 Å². The van der Waals surface area contributed by atoms with E-state index in [9.17, 15) is 9.59 Å². The zero-order chi connectivity index (χ0) is 14.4. The molecule has 0 aliphatic heterocycles. The standard InChI is InChI=1S/C15H19NO3/c1-11-7-9-13(10-8-11)5-4-6-14(17)16(3)12(2)15(18)19/h4-5,7-10,12H,6H2,1-3H3,(H,18,19)/b5-4+. The van der Waals surface area contributed by atoms with Crippen LogP contribution in [0.15, 0.2) is 30.3 Å². The highest BCUT2D eigenvalue weighted by Gasteiger charge is 2.20. The summed E-state index contributed by atoms with van der Waals surface area (Å²) >= 11 is 0. The Morgan fingerprint density at radius 2 is 1.89 bits per heavy atom. The largest absolute Gasteiger partial charge is 0.480 e. The Bertz CT molecular complexity index is 477. The van der Waals surface area contributed by atoms with Crippen molar-refractivity contribution in [2.75, 3.05) is 7.05 Å². The second-order valence-electron chi connectivity index (χ2n) is 4.54. The summed E-state index contributed by atoms with van der Waals surface area (Å²) in [5, 5.41) is 8.82. The third kappa shape index (κ3) is 4.58. The molecule has 1 atom stereocenters. The van der Waals surface area contributed by atoms with Gasteiger partial charge in [-0.15, -0.1) is 0 Å². The molecule has 1 N–H and O–H groups in total. The molecule has 0 aliphatic carbocycles. The maximum absolute atomic E-state index is 11.7. The lowest BCUT2D eigenvalue weighted by Gasteiger charge is -2.20. The zero-order valence-corrected chi connectivity index (χ0v) is 11.5. The zero-order valence-electron chi connectivity index (χ0n) is 11.5. The molecule has 0 saturated heterocycles. The summed E-state index contributed by atoms with van der Waals surface area (Å²) < 4.78 is 0. The lowest BCUT2D eigenvalue weighted by atomic mass is 10.1. The molecule has 0 fully saturated rings. The second kappa shape index (κ2) is 6.73. The number of benzene rings is 1. The van der Waals surface area contributed by atoms with E-state index in [-0.39, 0.29) is 12.3 Å². The van der Waals surface area contributed by atoms with Crippen molar-refractivity contribution in [1.29, 1.82) is 0 Å². The average molecular weight is 261 g/mol. The predicted octanol–water partition coefficient (Wildman–Crippen LogP) is 2.33. The first kappa shape index (κ1) is 15.0. The van der Waals surface area contributed by atoms with E-state index in [0.717, 1.165) is 5.56 Å². The molecule has 0 radical (unpaired) electrons. The second-order valence-corrected chi connectivity index (χ2v) is 4.54. The third-order valence-electron chi connectivity index (χ3n) is 3.01. The number of aryl methyl sites for hydroxylation is 1. The number of carboxylic acid groups (broad SMARTS) is 1. The van der Waals surface area contributed by atoms with Crippen LogP contribution in [0.5, 0.6) is 0 Å². The van der Waals surface area contributed by atoms with Gasteiger partial charge in [0.15, 0.2) is 0 Å². The first-order valence-electron chi connectivity index (χ1n) is 6.13. The van der Waals surface area contributed by atoms with Crippen LogP contribution in [0.1, 0.15) is 24.5 Å². The van der Waals surface area contributed by atoms with Crippen molar-refractivity contribution in [1.82, 2.24) is 4.90 Å². The lowest BCUT2D eigenvalue weighted by Crippen LogP contribution is -2.39. The number of hydrogen-bond donors (Lipinski definition) is 1. The number of aliphatic carboxylic acids is 1. The van der Waals surface area contributed by atoms with E-state index in [1.807, 2.05) is 37.3 Å². The molecule has 1 aromatic carbocycles. The molecule has 0 bridgehead atoms. The van der Waals surface area contributed by atoms with Crippen LogP contribution in [-0.2, 0) is 9.59 Å². The summed E-state index contributed by atoms with van der Waals surface area (Å²) in [4.78, 5) is 23.7. The first-order valence-corrected chi connectivity index (χ1v) is 6.13. The van der Waals surface area contributed by atoms with Gasteiger partial charge >= 0.3 is 5.97 Å². The van der Waals surface area contributed by atoms with E-state index in [1.165, 1.54) is 24.4 Å². The summed E-state index contributed by atoms with van der Waals surface area (Å²) in [7, 11) is 1.50. The van der Waals surface area contributed by atoms with Crippen LogP contribution in [0.3, 0.4) is 0 Å². The van der Waals surface area contributed by atoms with Crippen molar-refractivity contribution in [3.05, 3.63) is 41.5 Å². The Hall–Kier alpha value is -2.10. The first-order chi connectivity index (χ1) is 8.91. The van der Waals surface area contributed by atoms with E-state index in [4.69, 9.17) is 5.11 Å². The fraction of sp³-hybridized carbons (Fsp3) is 0.333. The third-order valence-corrected chi connectivity index (χ3v) is 3.01. The Labute approximate surface area is 113 Å². The van der Waals surface area contributed by atoms with Gasteiger partial charge in [0.25, 0.3) is 0 Å². The Morgan fingerprint density at radius 3 is 2.42 bits per heavy atom. The number of carbonyl (C=O) groups is 2. The maximum Gasteiger partial charge on any atom is 0.326 e. The molecule has 0 aromatic heterocycles. The predicted molar refractivity (Wildman–Crippen MR) is 74.7 cm³/mol. The van der Waals surface area contributed by atoms with Crippen molar-refractivity contribution < 1.29 is 14.7 Å². The van der Waals surface area contributed by atoms with Crippen LogP contribution in [0.25, 0.3) is 6.08 Å². The molecule has 4 nitrogen and oxygen atoms in total. The summed E-state index contributed by atoms with van der Waals surface area (Å²) in [6.45, 7) is 3.50. The topological polar surface area (TPSA) is 57.6 Å². The molecule has 0 spiro atoms. The van der Waals surface area contributed by atoms with E-state index < -0.39 is 12.0 Å². The van der Waals surface area contributed by atoms with Gasteiger partial charge in [0, 0.05) is 13.5 Å². The van der Waals surface area contributed by atoms with Crippen molar-refractivity contribution in [2.45, 2.75) is 26.3 Å². The molecule has 0 heterocycles. The Balaban J connectivity index is 2.54. The molecule has 0 aliphatic rings. The number of carbonyl (C=O) groups excluding carboxylic acids is 1. The smallest absolute Gasteiger partial charge is 0.326 e. The van der Waals surface area contributed by atoms with Crippen molar-refractivity contribution in [3.63, 3.8) is 0 Å². The molecule has 1 amide bonds. The van der Waals surface area contributed by atoms with Gasteiger partial charge in [-0.1, -0.05) is 42.0 Å². The fourth-order valence-electron chi connectivity index (χ4n) is 1.50. The summed E-state index contributed by atoms with van der Waals surface area (Å²) in [5.74, 6) is -1.21. The molecule has 102 valence electrons. The highest BCUT2D eigenvalue weighted by molar-refractivity contribution is 5.84. The minimum atomic E-state index is -1.00. The highest BCUT2D eigenvalue weighted by Crippen LogP contribution is 2.06. The molecular weight excluding hydrogens is 242 g/mol. The average Bonchev–Trinajstić information content (AvgIpc) is 2.39. The van der Waals surface area contributed by atoms with Gasteiger partial charge in [-0.25, -0.2) is 4.79 Å². The van der Waals surface area contributed by atoms with E-state index >= 15 is 0 Å². The van der Waals surface area contributed by atoms with Crippen LogP contribution in [-0.4, -0.2) is 35.0 Å². The number of nitrogens with zero attached hydrogens (tertiary/aromatic N) is 1. The van der Waals surface area contributed by atoms with Crippen molar-refractivity contribution >= 4 is 18.0 Å². The summed E-state index contributed by atoms with van der Waals surface area (Å²) in [6.07, 6.45) is 3.80. The monoisotopic (exact) mass is 261 g/mol. The van der Waals surface area contributed by atoms with Gasteiger partial charge in [-0.2, -0.15) is 0 Å². The summed E-state index contributed by atoms with van der Waals surface area (Å²) in [6, 6.07) is 7.14. The quantitative estimate of drug-likeness (QED) is 0.885. The van der Waals surface area contributed by atoms with Gasteiger partial charge in [0.05, 0.1) is 0 Å². The minimum Gasteiger partial charge on any atom is -0.480 e. The van der Waals surface area contributed by atoms with Crippen molar-refractivity contribution in [2.24, 2.45) is 0 Å². The molecule has 1 rings (SSSR count).